The van der Waals surface area contributed by atoms with E-state index in [4.69, 9.17) is 14.2 Å². The Morgan fingerprint density at radius 2 is 2.09 bits per heavy atom. The fourth-order valence-electron chi connectivity index (χ4n) is 3.79. The van der Waals surface area contributed by atoms with E-state index in [2.05, 4.69) is 34.0 Å². The van der Waals surface area contributed by atoms with Crippen molar-refractivity contribution in [2.45, 2.75) is 37.2 Å². The maximum absolute atomic E-state index is 12.0. The predicted octanol–water partition coefficient (Wildman–Crippen LogP) is 4.62. The number of aromatic nitrogens is 3. The average molecular weight is 497 g/mol. The second-order valence-corrected chi connectivity index (χ2v) is 9.07. The molecule has 0 unspecified atom stereocenters. The number of carbonyl (C=O) groups excluding carboxylic acids is 1. The van der Waals surface area contributed by atoms with Crippen molar-refractivity contribution in [3.8, 4) is 0 Å². The first-order chi connectivity index (χ1) is 17.1. The van der Waals surface area contributed by atoms with Crippen molar-refractivity contribution >= 4 is 23.5 Å². The molecular weight excluding hydrogens is 468 g/mol. The van der Waals surface area contributed by atoms with Gasteiger partial charge in [0.2, 0.25) is 0 Å². The van der Waals surface area contributed by atoms with Gasteiger partial charge in [0.25, 0.3) is 0 Å². The van der Waals surface area contributed by atoms with Crippen molar-refractivity contribution in [1.82, 2.24) is 15.2 Å². The standard InChI is InChI=1S/C25H28N4O5S/c1-3-11-32-25(31)28-20-6-4-5-19(12-20)23-33-21(14-35-24-26-15-27-29-24)16(2)22(34-23)18-9-7-17(13-30)8-10-18/h3-10,12,15-16,21-23,30H,1,11,13-14H2,2H3,(H,28,31)(H,26,27,29)/t16-,21+,22+,23+/m0/s1. The van der Waals surface area contributed by atoms with E-state index in [0.29, 0.717) is 11.4 Å². The summed E-state index contributed by atoms with van der Waals surface area (Å²) in [5.41, 5.74) is 3.17. The van der Waals surface area contributed by atoms with Crippen LogP contribution in [0.25, 0.3) is 0 Å². The Bertz CT molecular complexity index is 1110. The van der Waals surface area contributed by atoms with Crippen LogP contribution in [0.1, 0.15) is 36.0 Å². The SMILES string of the molecule is C=CCOC(=O)Nc1cccc([C@@H]2O[C@H](CSc3ncn[nH]3)[C@H](C)[C@H](c3ccc(CO)cc3)O2)c1. The fourth-order valence-corrected chi connectivity index (χ4v) is 4.73. The van der Waals surface area contributed by atoms with Crippen molar-refractivity contribution in [3.63, 3.8) is 0 Å². The second kappa shape index (κ2) is 12.0. The van der Waals surface area contributed by atoms with Gasteiger partial charge in [0.05, 0.1) is 18.8 Å². The normalized spacial score (nSPS) is 21.9. The summed E-state index contributed by atoms with van der Waals surface area (Å²) in [7, 11) is 0. The molecule has 2 heterocycles. The van der Waals surface area contributed by atoms with Gasteiger partial charge in [0, 0.05) is 22.9 Å². The number of aromatic amines is 1. The van der Waals surface area contributed by atoms with E-state index in [-0.39, 0.29) is 31.3 Å². The number of anilines is 1. The zero-order valence-corrected chi connectivity index (χ0v) is 20.1. The van der Waals surface area contributed by atoms with Gasteiger partial charge in [-0.25, -0.2) is 9.78 Å². The molecule has 9 nitrogen and oxygen atoms in total. The third-order valence-corrected chi connectivity index (χ3v) is 6.60. The smallest absolute Gasteiger partial charge is 0.411 e. The van der Waals surface area contributed by atoms with Gasteiger partial charge in [0.15, 0.2) is 11.4 Å². The van der Waals surface area contributed by atoms with Gasteiger partial charge in [0.1, 0.15) is 12.9 Å². The molecule has 2 aromatic carbocycles. The van der Waals surface area contributed by atoms with Gasteiger partial charge < -0.3 is 19.3 Å². The van der Waals surface area contributed by atoms with Crippen molar-refractivity contribution in [3.05, 3.63) is 84.2 Å². The van der Waals surface area contributed by atoms with E-state index in [1.165, 1.54) is 24.2 Å². The first kappa shape index (κ1) is 24.9. The van der Waals surface area contributed by atoms with Crippen LogP contribution < -0.4 is 5.32 Å². The molecule has 4 atom stereocenters. The molecule has 1 aromatic heterocycles. The molecule has 1 aliphatic rings. The lowest BCUT2D eigenvalue weighted by molar-refractivity contribution is -0.268. The van der Waals surface area contributed by atoms with E-state index in [9.17, 15) is 9.90 Å². The quantitative estimate of drug-likeness (QED) is 0.290. The average Bonchev–Trinajstić information content (AvgIpc) is 3.41. The number of hydrogen-bond donors (Lipinski definition) is 3. The van der Waals surface area contributed by atoms with E-state index in [1.54, 1.807) is 6.07 Å². The molecule has 1 aliphatic heterocycles. The maximum Gasteiger partial charge on any atom is 0.411 e. The molecule has 35 heavy (non-hydrogen) atoms. The second-order valence-electron chi connectivity index (χ2n) is 8.06. The molecule has 4 rings (SSSR count). The summed E-state index contributed by atoms with van der Waals surface area (Å²) in [5.74, 6) is 0.685. The summed E-state index contributed by atoms with van der Waals surface area (Å²) in [6.45, 7) is 5.75. The number of nitrogens with one attached hydrogen (secondary N) is 2. The highest BCUT2D eigenvalue weighted by Gasteiger charge is 2.38. The number of hydrogen-bond acceptors (Lipinski definition) is 8. The molecule has 184 valence electrons. The lowest BCUT2D eigenvalue weighted by Crippen LogP contribution is -2.38. The molecule has 0 spiro atoms. The van der Waals surface area contributed by atoms with Crippen LogP contribution in [-0.4, -0.2) is 44.8 Å². The molecular formula is C25H28N4O5S. The molecule has 0 bridgehead atoms. The number of benzene rings is 2. The van der Waals surface area contributed by atoms with Gasteiger partial charge in [-0.2, -0.15) is 5.10 Å². The number of nitrogens with zero attached hydrogens (tertiary/aromatic N) is 2. The van der Waals surface area contributed by atoms with Gasteiger partial charge in [-0.15, -0.1) is 0 Å². The minimum atomic E-state index is -0.653. The summed E-state index contributed by atoms with van der Waals surface area (Å²) < 4.78 is 17.9. The molecule has 0 saturated carbocycles. The van der Waals surface area contributed by atoms with Crippen LogP contribution in [0.15, 0.2) is 72.7 Å². The number of carbonyl (C=O) groups is 1. The highest BCUT2D eigenvalue weighted by Crippen LogP contribution is 2.43. The van der Waals surface area contributed by atoms with Crippen LogP contribution in [0, 0.1) is 5.92 Å². The minimum absolute atomic E-state index is 0.0153. The molecule has 10 heteroatoms. The number of H-pyrrole nitrogens is 1. The Labute approximate surface area is 207 Å². The number of rotatable bonds is 9. The zero-order valence-electron chi connectivity index (χ0n) is 19.3. The number of amides is 1. The van der Waals surface area contributed by atoms with E-state index in [1.807, 2.05) is 42.5 Å². The first-order valence-corrected chi connectivity index (χ1v) is 12.2. The van der Waals surface area contributed by atoms with Gasteiger partial charge in [-0.3, -0.25) is 10.4 Å². The van der Waals surface area contributed by atoms with Crippen LogP contribution in [0.3, 0.4) is 0 Å². The molecule has 1 amide bonds. The highest BCUT2D eigenvalue weighted by molar-refractivity contribution is 7.99. The minimum Gasteiger partial charge on any atom is -0.445 e. The Morgan fingerprint density at radius 1 is 1.26 bits per heavy atom. The maximum atomic E-state index is 12.0. The van der Waals surface area contributed by atoms with Crippen molar-refractivity contribution < 1.29 is 24.1 Å². The molecule has 3 aromatic rings. The summed E-state index contributed by atoms with van der Waals surface area (Å²) in [6, 6.07) is 15.0. The zero-order chi connectivity index (χ0) is 24.6. The largest absolute Gasteiger partial charge is 0.445 e. The molecule has 3 N–H and O–H groups in total. The number of thioether (sulfide) groups is 1. The van der Waals surface area contributed by atoms with E-state index >= 15 is 0 Å². The van der Waals surface area contributed by atoms with Crippen molar-refractivity contribution in [1.29, 1.82) is 0 Å². The van der Waals surface area contributed by atoms with Crippen molar-refractivity contribution in [2.24, 2.45) is 5.92 Å². The molecule has 0 radical (unpaired) electrons. The third-order valence-electron chi connectivity index (χ3n) is 5.64. The van der Waals surface area contributed by atoms with Crippen LogP contribution in [0.4, 0.5) is 10.5 Å². The van der Waals surface area contributed by atoms with E-state index in [0.717, 1.165) is 21.8 Å². The van der Waals surface area contributed by atoms with Crippen molar-refractivity contribution in [2.75, 3.05) is 17.7 Å². The Balaban J connectivity index is 1.55. The summed E-state index contributed by atoms with van der Waals surface area (Å²) in [6.07, 6.45) is 1.37. The third kappa shape index (κ3) is 6.49. The first-order valence-electron chi connectivity index (χ1n) is 11.2. The Kier molecular flexibility index (Phi) is 8.54. The number of aliphatic hydroxyl groups is 1. The summed E-state index contributed by atoms with van der Waals surface area (Å²) >= 11 is 1.53. The fraction of sp³-hybridized carbons (Fsp3) is 0.320. The van der Waals surface area contributed by atoms with Crippen LogP contribution in [-0.2, 0) is 20.8 Å². The van der Waals surface area contributed by atoms with Gasteiger partial charge in [-0.05, 0) is 23.3 Å². The number of ether oxygens (including phenoxy) is 3. The van der Waals surface area contributed by atoms with Crippen LogP contribution in [0.5, 0.6) is 0 Å². The summed E-state index contributed by atoms with van der Waals surface area (Å²) in [5, 5.41) is 19.6. The van der Waals surface area contributed by atoms with Gasteiger partial charge >= 0.3 is 6.09 Å². The summed E-state index contributed by atoms with van der Waals surface area (Å²) in [4.78, 5) is 16.2. The predicted molar refractivity (Wildman–Crippen MR) is 132 cm³/mol. The monoisotopic (exact) mass is 496 g/mol. The van der Waals surface area contributed by atoms with E-state index < -0.39 is 12.4 Å². The molecule has 1 fully saturated rings. The molecule has 0 aliphatic carbocycles. The molecule has 1 saturated heterocycles. The van der Waals surface area contributed by atoms with Crippen LogP contribution >= 0.6 is 11.8 Å². The lowest BCUT2D eigenvalue weighted by atomic mass is 9.91. The lowest BCUT2D eigenvalue weighted by Gasteiger charge is -2.41. The Morgan fingerprint density at radius 3 is 2.80 bits per heavy atom. The highest BCUT2D eigenvalue weighted by atomic mass is 32.2. The van der Waals surface area contributed by atoms with Crippen LogP contribution in [0.2, 0.25) is 0 Å². The topological polar surface area (TPSA) is 119 Å². The number of aliphatic hydroxyl groups excluding tert-OH is 1. The van der Waals surface area contributed by atoms with Gasteiger partial charge in [-0.1, -0.05) is 67.7 Å². The Hall–Kier alpha value is -3.18.